The van der Waals surface area contributed by atoms with E-state index in [2.05, 4.69) is 9.47 Å². The van der Waals surface area contributed by atoms with Crippen LogP contribution in [-0.4, -0.2) is 32.4 Å². The molecule has 0 saturated heterocycles. The molecule has 0 saturated carbocycles. The van der Waals surface area contributed by atoms with E-state index in [1.54, 1.807) is 6.92 Å². The second-order valence-corrected chi connectivity index (χ2v) is 3.97. The molecule has 0 spiro atoms. The predicted molar refractivity (Wildman–Crippen MR) is 61.1 cm³/mol. The third kappa shape index (κ3) is 4.17. The summed E-state index contributed by atoms with van der Waals surface area (Å²) >= 11 is 0. The highest BCUT2D eigenvalue weighted by Crippen LogP contribution is 2.27. The van der Waals surface area contributed by atoms with Gasteiger partial charge >= 0.3 is 11.9 Å². The minimum absolute atomic E-state index is 0.377. The zero-order chi connectivity index (χ0) is 13.4. The first kappa shape index (κ1) is 15.6. The smallest absolute Gasteiger partial charge is 0.320 e. The first-order chi connectivity index (χ1) is 8.03. The number of hydrogen-bond donors (Lipinski definition) is 0. The summed E-state index contributed by atoms with van der Waals surface area (Å²) < 4.78 is 9.20. The molecule has 0 unspecified atom stereocenters. The van der Waals surface area contributed by atoms with Crippen LogP contribution >= 0.6 is 0 Å². The maximum Gasteiger partial charge on any atom is 0.320 e. The molecule has 5 heteroatoms. The first-order valence-corrected chi connectivity index (χ1v) is 5.64. The lowest BCUT2D eigenvalue weighted by Crippen LogP contribution is -2.37. The molecule has 0 aliphatic rings. The molecule has 0 aromatic carbocycles. The molecule has 0 N–H and O–H groups in total. The Morgan fingerprint density at radius 1 is 1.18 bits per heavy atom. The van der Waals surface area contributed by atoms with E-state index in [9.17, 15) is 14.4 Å². The standard InChI is InChI=1S/C12H20O5/c1-5-6-9(8(2)7-13)10(11(14)16-3)12(15)17-4/h7-10H,5-6H2,1-4H3/t8-,9+/m0/s1. The lowest BCUT2D eigenvalue weighted by Gasteiger charge is -2.25. The van der Waals surface area contributed by atoms with Gasteiger partial charge in [0.15, 0.2) is 5.92 Å². The van der Waals surface area contributed by atoms with Gasteiger partial charge in [0.2, 0.25) is 0 Å². The van der Waals surface area contributed by atoms with Gasteiger partial charge in [-0.1, -0.05) is 20.3 Å². The molecule has 0 bridgehead atoms. The highest BCUT2D eigenvalue weighted by Gasteiger charge is 2.39. The van der Waals surface area contributed by atoms with Gasteiger partial charge in [-0.15, -0.1) is 0 Å². The summed E-state index contributed by atoms with van der Waals surface area (Å²) in [7, 11) is 2.43. The Hall–Kier alpha value is -1.39. The summed E-state index contributed by atoms with van der Waals surface area (Å²) in [4.78, 5) is 34.1. The average molecular weight is 244 g/mol. The third-order valence-corrected chi connectivity index (χ3v) is 2.85. The van der Waals surface area contributed by atoms with Gasteiger partial charge in [-0.3, -0.25) is 9.59 Å². The van der Waals surface area contributed by atoms with Crippen LogP contribution in [-0.2, 0) is 23.9 Å². The van der Waals surface area contributed by atoms with Gasteiger partial charge in [0, 0.05) is 5.92 Å². The SMILES string of the molecule is CCC[C@@H](C(C(=O)OC)C(=O)OC)[C@@H](C)C=O. The molecular formula is C12H20O5. The molecular weight excluding hydrogens is 224 g/mol. The Bertz CT molecular complexity index is 258. The fourth-order valence-corrected chi connectivity index (χ4v) is 1.87. The van der Waals surface area contributed by atoms with E-state index in [-0.39, 0.29) is 5.92 Å². The van der Waals surface area contributed by atoms with Crippen molar-refractivity contribution in [3.05, 3.63) is 0 Å². The van der Waals surface area contributed by atoms with Crippen LogP contribution in [0.15, 0.2) is 0 Å². The average Bonchev–Trinajstić information content (AvgIpc) is 2.36. The summed E-state index contributed by atoms with van der Waals surface area (Å²) in [6.07, 6.45) is 2.11. The Labute approximate surface area is 101 Å². The van der Waals surface area contributed by atoms with E-state index < -0.39 is 23.8 Å². The molecule has 0 aliphatic carbocycles. The van der Waals surface area contributed by atoms with Crippen molar-refractivity contribution in [3.63, 3.8) is 0 Å². The maximum atomic E-state index is 11.6. The molecule has 0 aliphatic heterocycles. The van der Waals surface area contributed by atoms with Crippen molar-refractivity contribution in [1.82, 2.24) is 0 Å². The highest BCUT2D eigenvalue weighted by atomic mass is 16.5. The molecule has 0 rings (SSSR count). The lowest BCUT2D eigenvalue weighted by atomic mass is 9.80. The van der Waals surface area contributed by atoms with Crippen LogP contribution in [0.2, 0.25) is 0 Å². The van der Waals surface area contributed by atoms with Crippen molar-refractivity contribution in [2.24, 2.45) is 17.8 Å². The largest absolute Gasteiger partial charge is 0.468 e. The summed E-state index contributed by atoms with van der Waals surface area (Å²) in [6.45, 7) is 3.61. The highest BCUT2D eigenvalue weighted by molar-refractivity contribution is 5.95. The van der Waals surface area contributed by atoms with Gasteiger partial charge in [0.25, 0.3) is 0 Å². The van der Waals surface area contributed by atoms with Crippen LogP contribution in [0.5, 0.6) is 0 Å². The summed E-state index contributed by atoms with van der Waals surface area (Å²) in [5.74, 6) is -3.09. The minimum atomic E-state index is -1.02. The number of ether oxygens (including phenoxy) is 2. The quantitative estimate of drug-likeness (QED) is 0.382. The van der Waals surface area contributed by atoms with Crippen LogP contribution in [0.25, 0.3) is 0 Å². The Morgan fingerprint density at radius 2 is 1.65 bits per heavy atom. The zero-order valence-electron chi connectivity index (χ0n) is 10.8. The predicted octanol–water partition coefficient (Wildman–Crippen LogP) is 1.20. The van der Waals surface area contributed by atoms with Gasteiger partial charge < -0.3 is 14.3 Å². The topological polar surface area (TPSA) is 69.7 Å². The van der Waals surface area contributed by atoms with Crippen molar-refractivity contribution in [3.8, 4) is 0 Å². The van der Waals surface area contributed by atoms with Crippen LogP contribution in [0.4, 0.5) is 0 Å². The maximum absolute atomic E-state index is 11.6. The number of rotatable bonds is 7. The van der Waals surface area contributed by atoms with E-state index in [0.717, 1.165) is 12.7 Å². The molecule has 0 aromatic rings. The van der Waals surface area contributed by atoms with Crippen molar-refractivity contribution in [2.75, 3.05) is 14.2 Å². The van der Waals surface area contributed by atoms with E-state index in [1.165, 1.54) is 14.2 Å². The van der Waals surface area contributed by atoms with Crippen molar-refractivity contribution in [2.45, 2.75) is 26.7 Å². The van der Waals surface area contributed by atoms with Gasteiger partial charge in [-0.25, -0.2) is 0 Å². The van der Waals surface area contributed by atoms with Gasteiger partial charge in [0.05, 0.1) is 14.2 Å². The van der Waals surface area contributed by atoms with Crippen LogP contribution in [0.1, 0.15) is 26.7 Å². The van der Waals surface area contributed by atoms with Gasteiger partial charge in [-0.05, 0) is 12.3 Å². The molecule has 0 amide bonds. The number of carbonyl (C=O) groups excluding carboxylic acids is 3. The zero-order valence-corrected chi connectivity index (χ0v) is 10.8. The fourth-order valence-electron chi connectivity index (χ4n) is 1.87. The van der Waals surface area contributed by atoms with E-state index in [1.807, 2.05) is 6.92 Å². The molecule has 2 atom stereocenters. The number of carbonyl (C=O) groups is 3. The third-order valence-electron chi connectivity index (χ3n) is 2.85. The summed E-state index contributed by atoms with van der Waals surface area (Å²) in [5.41, 5.74) is 0. The van der Waals surface area contributed by atoms with Crippen molar-refractivity contribution < 1.29 is 23.9 Å². The monoisotopic (exact) mass is 244 g/mol. The fraction of sp³-hybridized carbons (Fsp3) is 0.750. The molecule has 0 aromatic heterocycles. The van der Waals surface area contributed by atoms with Crippen molar-refractivity contribution >= 4 is 18.2 Å². The second kappa shape index (κ2) is 7.81. The van der Waals surface area contributed by atoms with Gasteiger partial charge in [0.1, 0.15) is 6.29 Å². The number of aldehydes is 1. The molecule has 17 heavy (non-hydrogen) atoms. The van der Waals surface area contributed by atoms with E-state index in [0.29, 0.717) is 6.42 Å². The molecule has 0 radical (unpaired) electrons. The lowest BCUT2D eigenvalue weighted by molar-refractivity contribution is -0.162. The van der Waals surface area contributed by atoms with E-state index >= 15 is 0 Å². The van der Waals surface area contributed by atoms with Gasteiger partial charge in [-0.2, -0.15) is 0 Å². The Balaban J connectivity index is 5.12. The summed E-state index contributed by atoms with van der Waals surface area (Å²) in [5, 5.41) is 0. The first-order valence-electron chi connectivity index (χ1n) is 5.64. The molecule has 98 valence electrons. The van der Waals surface area contributed by atoms with E-state index in [4.69, 9.17) is 0 Å². The second-order valence-electron chi connectivity index (χ2n) is 3.97. The molecule has 5 nitrogen and oxygen atoms in total. The van der Waals surface area contributed by atoms with Crippen LogP contribution in [0.3, 0.4) is 0 Å². The Morgan fingerprint density at radius 3 is 1.94 bits per heavy atom. The number of methoxy groups -OCH3 is 2. The minimum Gasteiger partial charge on any atom is -0.468 e. The van der Waals surface area contributed by atoms with Crippen LogP contribution in [0, 0.1) is 17.8 Å². The van der Waals surface area contributed by atoms with Crippen molar-refractivity contribution in [1.29, 1.82) is 0 Å². The molecule has 0 heterocycles. The van der Waals surface area contributed by atoms with Crippen LogP contribution < -0.4 is 0 Å². The molecule has 0 fully saturated rings. The normalized spacial score (nSPS) is 13.9. The number of hydrogen-bond acceptors (Lipinski definition) is 5. The Kier molecular flexibility index (Phi) is 7.18. The summed E-state index contributed by atoms with van der Waals surface area (Å²) in [6, 6.07) is 0. The number of esters is 2.